The van der Waals surface area contributed by atoms with E-state index < -0.39 is 0 Å². The average molecular weight is 334 g/mol. The summed E-state index contributed by atoms with van der Waals surface area (Å²) in [6.45, 7) is 9.16. The molecule has 3 rings (SSSR count). The Bertz CT molecular complexity index is 750. The normalized spacial score (nSPS) is 15.9. The van der Waals surface area contributed by atoms with Gasteiger partial charge in [-0.3, -0.25) is 4.79 Å². The molecule has 0 spiro atoms. The highest BCUT2D eigenvalue weighted by molar-refractivity contribution is 6.35. The molecule has 1 aromatic carbocycles. The monoisotopic (exact) mass is 333 g/mol. The Balaban J connectivity index is 2.25. The van der Waals surface area contributed by atoms with Gasteiger partial charge < -0.3 is 9.64 Å². The number of halogens is 1. The minimum absolute atomic E-state index is 0.187. The van der Waals surface area contributed by atoms with Crippen LogP contribution in [-0.4, -0.2) is 42.6 Å². The van der Waals surface area contributed by atoms with Crippen molar-refractivity contribution in [1.29, 1.82) is 0 Å². The average Bonchev–Trinajstić information content (AvgIpc) is 2.53. The van der Waals surface area contributed by atoms with E-state index in [4.69, 9.17) is 21.3 Å². The number of morpholine rings is 1. The molecule has 1 aromatic heterocycles. The van der Waals surface area contributed by atoms with Crippen molar-refractivity contribution < 1.29 is 9.53 Å². The number of hydrogen-bond acceptors (Lipinski definition) is 5. The maximum Gasteiger partial charge on any atom is 0.226 e. The third kappa shape index (κ3) is 3.16. The smallest absolute Gasteiger partial charge is 0.226 e. The van der Waals surface area contributed by atoms with Crippen LogP contribution in [0.1, 0.15) is 36.8 Å². The van der Waals surface area contributed by atoms with Gasteiger partial charge >= 0.3 is 0 Å². The van der Waals surface area contributed by atoms with Gasteiger partial charge in [-0.2, -0.15) is 0 Å². The maximum absolute atomic E-state index is 11.2. The molecule has 122 valence electrons. The van der Waals surface area contributed by atoms with Crippen LogP contribution in [0.4, 0.5) is 5.95 Å². The molecule has 0 saturated carbocycles. The number of anilines is 1. The van der Waals surface area contributed by atoms with Crippen LogP contribution in [0.2, 0.25) is 5.02 Å². The van der Waals surface area contributed by atoms with Crippen LogP contribution in [0.3, 0.4) is 0 Å². The second-order valence-corrected chi connectivity index (χ2v) is 7.15. The van der Waals surface area contributed by atoms with Gasteiger partial charge in [-0.05, 0) is 12.1 Å². The molecule has 6 heteroatoms. The van der Waals surface area contributed by atoms with Crippen LogP contribution < -0.4 is 4.90 Å². The Morgan fingerprint density at radius 2 is 1.91 bits per heavy atom. The standard InChI is InChI=1S/C17H20ClN3O2/c1-17(2,3)15-12-8-11(10-22)9-13(18)14(12)19-16(20-15)21-4-6-23-7-5-21/h8-10H,4-7H2,1-3H3. The first kappa shape index (κ1) is 16.1. The third-order valence-corrected chi connectivity index (χ3v) is 4.19. The van der Waals surface area contributed by atoms with Gasteiger partial charge in [-0.1, -0.05) is 32.4 Å². The van der Waals surface area contributed by atoms with Crippen LogP contribution in [0.5, 0.6) is 0 Å². The van der Waals surface area contributed by atoms with Gasteiger partial charge in [0.2, 0.25) is 5.95 Å². The summed E-state index contributed by atoms with van der Waals surface area (Å²) in [7, 11) is 0. The summed E-state index contributed by atoms with van der Waals surface area (Å²) >= 11 is 6.38. The van der Waals surface area contributed by atoms with Gasteiger partial charge in [0.15, 0.2) is 0 Å². The van der Waals surface area contributed by atoms with Crippen molar-refractivity contribution in [3.05, 3.63) is 28.4 Å². The molecule has 0 aliphatic carbocycles. The minimum atomic E-state index is -0.187. The van der Waals surface area contributed by atoms with E-state index in [9.17, 15) is 4.79 Å². The van der Waals surface area contributed by atoms with Crippen molar-refractivity contribution in [2.45, 2.75) is 26.2 Å². The Morgan fingerprint density at radius 3 is 2.52 bits per heavy atom. The predicted octanol–water partition coefficient (Wildman–Crippen LogP) is 3.23. The molecule has 1 aliphatic heterocycles. The first-order valence-electron chi connectivity index (χ1n) is 7.70. The van der Waals surface area contributed by atoms with Crippen LogP contribution in [0.25, 0.3) is 10.9 Å². The van der Waals surface area contributed by atoms with E-state index in [1.165, 1.54) is 0 Å². The quantitative estimate of drug-likeness (QED) is 0.790. The van der Waals surface area contributed by atoms with E-state index in [2.05, 4.69) is 30.7 Å². The zero-order valence-corrected chi connectivity index (χ0v) is 14.4. The molecule has 0 radical (unpaired) electrons. The van der Waals surface area contributed by atoms with Gasteiger partial charge in [0.05, 0.1) is 29.4 Å². The van der Waals surface area contributed by atoms with Gasteiger partial charge in [0.1, 0.15) is 6.29 Å². The second kappa shape index (κ2) is 6.06. The lowest BCUT2D eigenvalue weighted by Crippen LogP contribution is -2.37. The summed E-state index contributed by atoms with van der Waals surface area (Å²) < 4.78 is 5.40. The number of nitrogens with zero attached hydrogens (tertiary/aromatic N) is 3. The number of carbonyl (C=O) groups is 1. The number of carbonyl (C=O) groups excluding carboxylic acids is 1. The molecule has 23 heavy (non-hydrogen) atoms. The fraction of sp³-hybridized carbons (Fsp3) is 0.471. The van der Waals surface area contributed by atoms with Gasteiger partial charge in [-0.25, -0.2) is 9.97 Å². The summed E-state index contributed by atoms with van der Waals surface area (Å²) in [5, 5.41) is 1.32. The molecule has 0 bridgehead atoms. The highest BCUT2D eigenvalue weighted by atomic mass is 35.5. The van der Waals surface area contributed by atoms with Crippen molar-refractivity contribution in [2.24, 2.45) is 0 Å². The van der Waals surface area contributed by atoms with E-state index in [0.717, 1.165) is 30.5 Å². The Labute approximate surface area is 140 Å². The first-order chi connectivity index (χ1) is 10.9. The molecule has 1 saturated heterocycles. The number of aromatic nitrogens is 2. The Kier molecular flexibility index (Phi) is 4.25. The fourth-order valence-corrected chi connectivity index (χ4v) is 3.01. The molecule has 1 fully saturated rings. The number of fused-ring (bicyclic) bond motifs is 1. The second-order valence-electron chi connectivity index (χ2n) is 6.74. The van der Waals surface area contributed by atoms with Gasteiger partial charge in [0, 0.05) is 29.5 Å². The summed E-state index contributed by atoms with van der Waals surface area (Å²) in [6, 6.07) is 3.47. The van der Waals surface area contributed by atoms with E-state index in [1.54, 1.807) is 6.07 Å². The van der Waals surface area contributed by atoms with Crippen LogP contribution >= 0.6 is 11.6 Å². The van der Waals surface area contributed by atoms with Crippen LogP contribution in [0, 0.1) is 0 Å². The lowest BCUT2D eigenvalue weighted by molar-refractivity contribution is 0.112. The molecular weight excluding hydrogens is 314 g/mol. The number of hydrogen-bond donors (Lipinski definition) is 0. The largest absolute Gasteiger partial charge is 0.378 e. The summed E-state index contributed by atoms with van der Waals surface area (Å²) in [5.74, 6) is 0.673. The van der Waals surface area contributed by atoms with E-state index in [1.807, 2.05) is 6.07 Å². The molecule has 0 N–H and O–H groups in total. The number of benzene rings is 1. The molecular formula is C17H20ClN3O2. The highest BCUT2D eigenvalue weighted by Crippen LogP contribution is 2.33. The molecule has 2 aromatic rings. The molecule has 0 unspecified atom stereocenters. The number of aldehydes is 1. The zero-order valence-electron chi connectivity index (χ0n) is 13.6. The Morgan fingerprint density at radius 1 is 1.22 bits per heavy atom. The maximum atomic E-state index is 11.2. The molecule has 2 heterocycles. The number of ether oxygens (including phenoxy) is 1. The van der Waals surface area contributed by atoms with Crippen molar-refractivity contribution >= 4 is 34.7 Å². The summed E-state index contributed by atoms with van der Waals surface area (Å²) in [5.41, 5.74) is 1.94. The van der Waals surface area contributed by atoms with E-state index in [0.29, 0.717) is 35.3 Å². The zero-order chi connectivity index (χ0) is 16.6. The number of rotatable bonds is 2. The minimum Gasteiger partial charge on any atom is -0.378 e. The SMILES string of the molecule is CC(C)(C)c1nc(N2CCOCC2)nc2c(Cl)cc(C=O)cc12. The predicted molar refractivity (Wildman–Crippen MR) is 91.7 cm³/mol. The molecule has 0 atom stereocenters. The van der Waals surface area contributed by atoms with Crippen LogP contribution in [-0.2, 0) is 10.2 Å². The van der Waals surface area contributed by atoms with Gasteiger partial charge in [-0.15, -0.1) is 0 Å². The Hall–Kier alpha value is -1.72. The fourth-order valence-electron chi connectivity index (χ4n) is 2.74. The molecule has 0 amide bonds. The summed E-state index contributed by atoms with van der Waals surface area (Å²) in [4.78, 5) is 22.7. The van der Waals surface area contributed by atoms with Crippen molar-refractivity contribution in [2.75, 3.05) is 31.2 Å². The third-order valence-electron chi connectivity index (χ3n) is 3.90. The van der Waals surface area contributed by atoms with Crippen LogP contribution in [0.15, 0.2) is 12.1 Å². The van der Waals surface area contributed by atoms with E-state index in [-0.39, 0.29) is 5.41 Å². The lowest BCUT2D eigenvalue weighted by atomic mass is 9.88. The van der Waals surface area contributed by atoms with Crippen molar-refractivity contribution in [3.8, 4) is 0 Å². The highest BCUT2D eigenvalue weighted by Gasteiger charge is 2.24. The van der Waals surface area contributed by atoms with Gasteiger partial charge in [0.25, 0.3) is 0 Å². The molecule has 1 aliphatic rings. The lowest BCUT2D eigenvalue weighted by Gasteiger charge is -2.29. The van der Waals surface area contributed by atoms with Crippen molar-refractivity contribution in [3.63, 3.8) is 0 Å². The molecule has 5 nitrogen and oxygen atoms in total. The van der Waals surface area contributed by atoms with E-state index >= 15 is 0 Å². The first-order valence-corrected chi connectivity index (χ1v) is 8.07. The van der Waals surface area contributed by atoms with Crippen molar-refractivity contribution in [1.82, 2.24) is 9.97 Å². The summed E-state index contributed by atoms with van der Waals surface area (Å²) in [6.07, 6.45) is 0.799. The topological polar surface area (TPSA) is 55.3 Å².